The molecule has 0 saturated heterocycles. The highest BCUT2D eigenvalue weighted by Gasteiger charge is 2.33. The summed E-state index contributed by atoms with van der Waals surface area (Å²) in [6.07, 6.45) is 0.259. The molecule has 0 radical (unpaired) electrons. The second-order valence-electron chi connectivity index (χ2n) is 6.87. The molecule has 0 amide bonds. The van der Waals surface area contributed by atoms with E-state index < -0.39 is 28.4 Å². The summed E-state index contributed by atoms with van der Waals surface area (Å²) in [5, 5.41) is 3.64. The zero-order valence-corrected chi connectivity index (χ0v) is 18.2. The Hall–Kier alpha value is -2.68. The number of benzene rings is 2. The third-order valence-corrected chi connectivity index (χ3v) is 4.94. The number of hydrogen-bond donors (Lipinski definition) is 0. The average Bonchev–Trinajstić information content (AvgIpc) is 2.75. The first-order chi connectivity index (χ1) is 14.9. The molecule has 0 unspecified atom stereocenters. The highest BCUT2D eigenvalue weighted by Crippen LogP contribution is 2.21. The van der Waals surface area contributed by atoms with Gasteiger partial charge in [0.15, 0.2) is 0 Å². The van der Waals surface area contributed by atoms with Crippen molar-refractivity contribution >= 4 is 10.1 Å². The van der Waals surface area contributed by atoms with Crippen molar-refractivity contribution in [1.82, 2.24) is 0 Å². The minimum Gasteiger partial charge on any atom is -0.371 e. The molecule has 0 N–H and O–H groups in total. The molecule has 2 aromatic rings. The van der Waals surface area contributed by atoms with Crippen molar-refractivity contribution in [2.75, 3.05) is 12.8 Å². The van der Waals surface area contributed by atoms with Gasteiger partial charge in [-0.05, 0) is 23.1 Å². The Bertz CT molecular complexity index is 948. The number of rotatable bonds is 14. The van der Waals surface area contributed by atoms with E-state index in [9.17, 15) is 8.42 Å². The van der Waals surface area contributed by atoms with Gasteiger partial charge in [0, 0.05) is 4.91 Å². The molecule has 0 bridgehead atoms. The van der Waals surface area contributed by atoms with E-state index in [0.717, 1.165) is 17.4 Å². The molecule has 9 heteroatoms. The summed E-state index contributed by atoms with van der Waals surface area (Å²) in [6, 6.07) is 18.9. The standard InChI is InChI=1S/C22H27N3O5S/c1-3-10-20(30-31(2,26)27)22(29-17-19-13-8-5-9-14-19)21(15-24-25-23)28-16-18-11-6-4-7-12-18/h3-9,11-14,20-22H,1,10,15-17H2,2H3/t20-,21+,22+/m0/s1. The molecule has 0 aromatic heterocycles. The minimum atomic E-state index is -3.78. The van der Waals surface area contributed by atoms with Crippen LogP contribution in [0.1, 0.15) is 17.5 Å². The predicted molar refractivity (Wildman–Crippen MR) is 119 cm³/mol. The van der Waals surface area contributed by atoms with E-state index in [1.54, 1.807) is 6.08 Å². The molecule has 31 heavy (non-hydrogen) atoms. The van der Waals surface area contributed by atoms with Gasteiger partial charge in [-0.2, -0.15) is 8.42 Å². The number of nitrogens with zero attached hydrogens (tertiary/aromatic N) is 3. The van der Waals surface area contributed by atoms with Crippen molar-refractivity contribution in [3.05, 3.63) is 94.9 Å². The largest absolute Gasteiger partial charge is 0.371 e. The van der Waals surface area contributed by atoms with Crippen LogP contribution in [0.5, 0.6) is 0 Å². The van der Waals surface area contributed by atoms with Gasteiger partial charge >= 0.3 is 0 Å². The highest BCUT2D eigenvalue weighted by atomic mass is 32.2. The van der Waals surface area contributed by atoms with Crippen LogP contribution in [0.2, 0.25) is 0 Å². The Labute approximate surface area is 183 Å². The first-order valence-electron chi connectivity index (χ1n) is 9.74. The van der Waals surface area contributed by atoms with Crippen molar-refractivity contribution < 1.29 is 22.1 Å². The van der Waals surface area contributed by atoms with E-state index in [1.165, 1.54) is 0 Å². The fraction of sp³-hybridized carbons (Fsp3) is 0.364. The zero-order valence-electron chi connectivity index (χ0n) is 17.4. The van der Waals surface area contributed by atoms with Crippen molar-refractivity contribution in [1.29, 1.82) is 0 Å². The molecule has 166 valence electrons. The van der Waals surface area contributed by atoms with Gasteiger partial charge < -0.3 is 9.47 Å². The van der Waals surface area contributed by atoms with Crippen LogP contribution in [0.4, 0.5) is 0 Å². The van der Waals surface area contributed by atoms with Crippen LogP contribution in [0.15, 0.2) is 78.4 Å². The van der Waals surface area contributed by atoms with E-state index in [2.05, 4.69) is 16.6 Å². The van der Waals surface area contributed by atoms with Crippen LogP contribution in [0.3, 0.4) is 0 Å². The maximum Gasteiger partial charge on any atom is 0.264 e. The Balaban J connectivity index is 2.29. The second-order valence-corrected chi connectivity index (χ2v) is 8.47. The molecular weight excluding hydrogens is 418 g/mol. The summed E-state index contributed by atoms with van der Waals surface area (Å²) in [5.74, 6) is 0. The van der Waals surface area contributed by atoms with Gasteiger partial charge in [0.05, 0.1) is 32.1 Å². The Morgan fingerprint density at radius 3 is 2.03 bits per heavy atom. The van der Waals surface area contributed by atoms with Gasteiger partial charge in [0.2, 0.25) is 0 Å². The van der Waals surface area contributed by atoms with E-state index in [4.69, 9.17) is 19.2 Å². The molecule has 0 fully saturated rings. The quantitative estimate of drug-likeness (QED) is 0.141. The maximum absolute atomic E-state index is 11.9. The number of ether oxygens (including phenoxy) is 2. The first kappa shape index (κ1) is 24.6. The molecule has 2 aromatic carbocycles. The molecule has 0 aliphatic carbocycles. The second kappa shape index (κ2) is 12.9. The minimum absolute atomic E-state index is 0.0520. The average molecular weight is 446 g/mol. The molecule has 3 atom stereocenters. The van der Waals surface area contributed by atoms with Crippen LogP contribution in [-0.2, 0) is 37.0 Å². The Kier molecular flexibility index (Phi) is 10.2. The lowest BCUT2D eigenvalue weighted by molar-refractivity contribution is -0.120. The van der Waals surface area contributed by atoms with Crippen molar-refractivity contribution in [2.24, 2.45) is 5.11 Å². The van der Waals surface area contributed by atoms with Crippen LogP contribution in [0, 0.1) is 0 Å². The third-order valence-electron chi connectivity index (χ3n) is 4.35. The zero-order chi connectivity index (χ0) is 22.5. The number of azide groups is 1. The van der Waals surface area contributed by atoms with Gasteiger partial charge in [-0.25, -0.2) is 0 Å². The lowest BCUT2D eigenvalue weighted by Crippen LogP contribution is -2.44. The van der Waals surface area contributed by atoms with Crippen LogP contribution < -0.4 is 0 Å². The molecule has 0 spiro atoms. The van der Waals surface area contributed by atoms with Crippen LogP contribution >= 0.6 is 0 Å². The molecule has 0 heterocycles. The highest BCUT2D eigenvalue weighted by molar-refractivity contribution is 7.86. The normalized spacial score (nSPS) is 14.2. The van der Waals surface area contributed by atoms with Gasteiger partial charge in [-0.3, -0.25) is 4.18 Å². The Morgan fingerprint density at radius 2 is 1.55 bits per heavy atom. The molecule has 0 aliphatic heterocycles. The fourth-order valence-electron chi connectivity index (χ4n) is 2.98. The predicted octanol–water partition coefficient (Wildman–Crippen LogP) is 4.39. The summed E-state index contributed by atoms with van der Waals surface area (Å²) in [5.41, 5.74) is 10.7. The summed E-state index contributed by atoms with van der Waals surface area (Å²) < 4.78 is 41.2. The van der Waals surface area contributed by atoms with Crippen LogP contribution in [-0.4, -0.2) is 39.5 Å². The number of hydrogen-bond acceptors (Lipinski definition) is 6. The summed E-state index contributed by atoms with van der Waals surface area (Å²) >= 11 is 0. The van der Waals surface area contributed by atoms with Crippen molar-refractivity contribution in [2.45, 2.75) is 37.9 Å². The lowest BCUT2D eigenvalue weighted by atomic mass is 10.0. The first-order valence-corrected chi connectivity index (χ1v) is 11.6. The smallest absolute Gasteiger partial charge is 0.264 e. The van der Waals surface area contributed by atoms with Gasteiger partial charge in [-0.1, -0.05) is 71.9 Å². The summed E-state index contributed by atoms with van der Waals surface area (Å²) in [4.78, 5) is 2.82. The van der Waals surface area contributed by atoms with Gasteiger partial charge in [-0.15, -0.1) is 6.58 Å². The van der Waals surface area contributed by atoms with E-state index in [0.29, 0.717) is 0 Å². The van der Waals surface area contributed by atoms with Gasteiger partial charge in [0.25, 0.3) is 10.1 Å². The Morgan fingerprint density at radius 1 is 1.00 bits per heavy atom. The molecule has 2 rings (SSSR count). The molecular formula is C22H27N3O5S. The van der Waals surface area contributed by atoms with E-state index in [-0.39, 0.29) is 26.2 Å². The van der Waals surface area contributed by atoms with Crippen LogP contribution in [0.25, 0.3) is 10.4 Å². The molecule has 0 saturated carbocycles. The summed E-state index contributed by atoms with van der Waals surface area (Å²) in [6.45, 7) is 4.08. The monoisotopic (exact) mass is 445 g/mol. The van der Waals surface area contributed by atoms with Crippen molar-refractivity contribution in [3.8, 4) is 0 Å². The van der Waals surface area contributed by atoms with E-state index in [1.807, 2.05) is 60.7 Å². The van der Waals surface area contributed by atoms with Gasteiger partial charge in [0.1, 0.15) is 12.2 Å². The topological polar surface area (TPSA) is 111 Å². The maximum atomic E-state index is 11.9. The van der Waals surface area contributed by atoms with Crippen molar-refractivity contribution in [3.63, 3.8) is 0 Å². The SMILES string of the molecule is C=CC[C@H](OS(C)(=O)=O)[C@@H](OCc1ccccc1)[C@@H](CN=[N+]=[N-])OCc1ccccc1. The fourth-order valence-corrected chi connectivity index (χ4v) is 3.62. The van der Waals surface area contributed by atoms with E-state index >= 15 is 0 Å². The third kappa shape index (κ3) is 9.33. The molecule has 8 nitrogen and oxygen atoms in total. The molecule has 0 aliphatic rings. The summed E-state index contributed by atoms with van der Waals surface area (Å²) in [7, 11) is -3.78. The lowest BCUT2D eigenvalue weighted by Gasteiger charge is -2.32.